The van der Waals surface area contributed by atoms with E-state index in [4.69, 9.17) is 9.15 Å². The van der Waals surface area contributed by atoms with Crippen LogP contribution in [-0.2, 0) is 4.79 Å². The van der Waals surface area contributed by atoms with Crippen molar-refractivity contribution in [2.45, 2.75) is 26.2 Å². The molecule has 0 amide bonds. The van der Waals surface area contributed by atoms with Crippen molar-refractivity contribution in [3.8, 4) is 34.3 Å². The van der Waals surface area contributed by atoms with Gasteiger partial charge in [0.25, 0.3) is 0 Å². The highest BCUT2D eigenvalue weighted by Crippen LogP contribution is 2.46. The minimum Gasteiger partial charge on any atom is -0.507 e. The standard InChI is InChI=1S/C21H18O7/c1-9(2)11-6-18(26)27-17-8-15(25)20-14(24)7-16(28-21(20)19(11)17)10-3-4-12(22)13(23)5-10/h3-5,7-9,11,22-23,25H,6H2,1-2H3/t11-/m0/s1. The van der Waals surface area contributed by atoms with Crippen LogP contribution < -0.4 is 10.2 Å². The topological polar surface area (TPSA) is 117 Å². The van der Waals surface area contributed by atoms with E-state index in [1.165, 1.54) is 30.3 Å². The fraction of sp³-hybridized carbons (Fsp3) is 0.238. The quantitative estimate of drug-likeness (QED) is 0.352. The summed E-state index contributed by atoms with van der Waals surface area (Å²) in [6, 6.07) is 6.53. The second-order valence-electron chi connectivity index (χ2n) is 7.22. The van der Waals surface area contributed by atoms with E-state index in [-0.39, 0.29) is 58.0 Å². The zero-order valence-corrected chi connectivity index (χ0v) is 15.2. The van der Waals surface area contributed by atoms with Crippen molar-refractivity contribution in [3.05, 3.63) is 46.1 Å². The number of benzene rings is 2. The number of phenols is 3. The van der Waals surface area contributed by atoms with Crippen molar-refractivity contribution in [2.24, 2.45) is 5.92 Å². The summed E-state index contributed by atoms with van der Waals surface area (Å²) < 4.78 is 11.3. The van der Waals surface area contributed by atoms with Crippen molar-refractivity contribution < 1.29 is 29.3 Å². The number of fused-ring (bicyclic) bond motifs is 3. The van der Waals surface area contributed by atoms with Gasteiger partial charge < -0.3 is 24.5 Å². The molecule has 144 valence electrons. The van der Waals surface area contributed by atoms with E-state index in [1.54, 1.807) is 0 Å². The summed E-state index contributed by atoms with van der Waals surface area (Å²) in [6.07, 6.45) is 0.137. The number of rotatable bonds is 2. The number of esters is 1. The van der Waals surface area contributed by atoms with E-state index < -0.39 is 11.4 Å². The lowest BCUT2D eigenvalue weighted by Gasteiger charge is -2.28. The number of aromatic hydroxyl groups is 3. The first-order chi connectivity index (χ1) is 13.3. The lowest BCUT2D eigenvalue weighted by atomic mass is 9.82. The molecule has 1 aliphatic rings. The Kier molecular flexibility index (Phi) is 4.03. The van der Waals surface area contributed by atoms with Crippen LogP contribution in [0, 0.1) is 5.92 Å². The van der Waals surface area contributed by atoms with Crippen molar-refractivity contribution in [2.75, 3.05) is 0 Å². The zero-order chi connectivity index (χ0) is 20.2. The molecule has 28 heavy (non-hydrogen) atoms. The Morgan fingerprint density at radius 2 is 1.75 bits per heavy atom. The highest BCUT2D eigenvalue weighted by molar-refractivity contribution is 5.92. The Hall–Kier alpha value is -3.48. The highest BCUT2D eigenvalue weighted by atomic mass is 16.5. The lowest BCUT2D eigenvalue weighted by Crippen LogP contribution is -2.24. The van der Waals surface area contributed by atoms with Crippen LogP contribution in [0.5, 0.6) is 23.0 Å². The molecule has 3 N–H and O–H groups in total. The van der Waals surface area contributed by atoms with E-state index in [2.05, 4.69) is 0 Å². The van der Waals surface area contributed by atoms with Crippen LogP contribution in [0.2, 0.25) is 0 Å². The molecule has 0 spiro atoms. The Morgan fingerprint density at radius 1 is 1.00 bits per heavy atom. The number of ether oxygens (including phenoxy) is 1. The van der Waals surface area contributed by atoms with Crippen molar-refractivity contribution in [1.82, 2.24) is 0 Å². The van der Waals surface area contributed by atoms with Crippen LogP contribution >= 0.6 is 0 Å². The van der Waals surface area contributed by atoms with Gasteiger partial charge >= 0.3 is 5.97 Å². The van der Waals surface area contributed by atoms with Gasteiger partial charge in [-0.1, -0.05) is 13.8 Å². The van der Waals surface area contributed by atoms with E-state index in [1.807, 2.05) is 13.8 Å². The maximum atomic E-state index is 12.7. The van der Waals surface area contributed by atoms with Gasteiger partial charge in [-0.25, -0.2) is 0 Å². The molecule has 2 aromatic carbocycles. The lowest BCUT2D eigenvalue weighted by molar-refractivity contribution is -0.136. The van der Waals surface area contributed by atoms with Gasteiger partial charge in [0.05, 0.1) is 6.42 Å². The highest BCUT2D eigenvalue weighted by Gasteiger charge is 2.34. The fourth-order valence-electron chi connectivity index (χ4n) is 3.58. The van der Waals surface area contributed by atoms with Gasteiger partial charge in [0.15, 0.2) is 16.9 Å². The minimum absolute atomic E-state index is 0.00843. The number of carbonyl (C=O) groups excluding carboxylic acids is 1. The van der Waals surface area contributed by atoms with Crippen LogP contribution in [0.25, 0.3) is 22.3 Å². The molecule has 0 radical (unpaired) electrons. The van der Waals surface area contributed by atoms with E-state index in [0.717, 1.165) is 0 Å². The molecule has 0 aliphatic carbocycles. The Balaban J connectivity index is 2.05. The van der Waals surface area contributed by atoms with Gasteiger partial charge in [0.2, 0.25) is 0 Å². The van der Waals surface area contributed by atoms with Gasteiger partial charge in [-0.3, -0.25) is 9.59 Å². The van der Waals surface area contributed by atoms with Gasteiger partial charge in [-0.15, -0.1) is 0 Å². The molecule has 0 bridgehead atoms. The van der Waals surface area contributed by atoms with Crippen LogP contribution in [0.4, 0.5) is 0 Å². The molecule has 4 rings (SSSR count). The maximum Gasteiger partial charge on any atom is 0.311 e. The van der Waals surface area contributed by atoms with Gasteiger partial charge in [-0.2, -0.15) is 0 Å². The SMILES string of the molecule is CC(C)[C@@H]1CC(=O)Oc2cc(O)c3c(=O)cc(-c4ccc(O)c(O)c4)oc3c21. The molecule has 0 saturated carbocycles. The molecule has 0 saturated heterocycles. The fourth-order valence-corrected chi connectivity index (χ4v) is 3.58. The molecule has 0 fully saturated rings. The molecule has 1 aromatic heterocycles. The average Bonchev–Trinajstić information content (AvgIpc) is 2.62. The molecule has 7 nitrogen and oxygen atoms in total. The van der Waals surface area contributed by atoms with Crippen molar-refractivity contribution in [1.29, 1.82) is 0 Å². The normalized spacial score (nSPS) is 16.2. The van der Waals surface area contributed by atoms with Crippen LogP contribution in [-0.4, -0.2) is 21.3 Å². The molecular formula is C21H18O7. The number of hydrogen-bond acceptors (Lipinski definition) is 7. The summed E-state index contributed by atoms with van der Waals surface area (Å²) >= 11 is 0. The zero-order valence-electron chi connectivity index (χ0n) is 15.2. The largest absolute Gasteiger partial charge is 0.507 e. The molecule has 1 atom stereocenters. The third-order valence-electron chi connectivity index (χ3n) is 5.03. The third kappa shape index (κ3) is 2.76. The first kappa shape index (κ1) is 17.9. The predicted molar refractivity (Wildman–Crippen MR) is 101 cm³/mol. The summed E-state index contributed by atoms with van der Waals surface area (Å²) in [5.41, 5.74) is 0.615. The first-order valence-corrected chi connectivity index (χ1v) is 8.83. The second kappa shape index (κ2) is 6.30. The average molecular weight is 382 g/mol. The van der Waals surface area contributed by atoms with Crippen LogP contribution in [0.15, 0.2) is 39.5 Å². The van der Waals surface area contributed by atoms with E-state index in [9.17, 15) is 24.9 Å². The summed E-state index contributed by atoms with van der Waals surface area (Å²) in [6.45, 7) is 3.90. The van der Waals surface area contributed by atoms with Crippen molar-refractivity contribution in [3.63, 3.8) is 0 Å². The number of hydrogen-bond donors (Lipinski definition) is 3. The van der Waals surface area contributed by atoms with Gasteiger partial charge in [0.1, 0.15) is 28.2 Å². The smallest absolute Gasteiger partial charge is 0.311 e. The molecule has 1 aliphatic heterocycles. The number of carbonyl (C=O) groups is 1. The maximum absolute atomic E-state index is 12.7. The monoisotopic (exact) mass is 382 g/mol. The molecule has 0 unspecified atom stereocenters. The first-order valence-electron chi connectivity index (χ1n) is 8.83. The third-order valence-corrected chi connectivity index (χ3v) is 5.03. The van der Waals surface area contributed by atoms with Crippen molar-refractivity contribution >= 4 is 16.9 Å². The van der Waals surface area contributed by atoms with Crippen LogP contribution in [0.3, 0.4) is 0 Å². The Labute approximate surface area is 159 Å². The Bertz CT molecular complexity index is 1170. The second-order valence-corrected chi connectivity index (χ2v) is 7.22. The Morgan fingerprint density at radius 3 is 2.43 bits per heavy atom. The molecule has 2 heterocycles. The summed E-state index contributed by atoms with van der Waals surface area (Å²) in [5, 5.41) is 29.6. The van der Waals surface area contributed by atoms with Gasteiger partial charge in [0, 0.05) is 29.2 Å². The summed E-state index contributed by atoms with van der Waals surface area (Å²) in [5.74, 6) is -1.25. The predicted octanol–water partition coefficient (Wildman–Crippen LogP) is 3.63. The van der Waals surface area contributed by atoms with Gasteiger partial charge in [-0.05, 0) is 24.1 Å². The molecule has 3 aromatic rings. The summed E-state index contributed by atoms with van der Waals surface area (Å²) in [4.78, 5) is 24.7. The van der Waals surface area contributed by atoms with Crippen LogP contribution in [0.1, 0.15) is 31.7 Å². The number of phenolic OH excluding ortho intramolecular Hbond substituents is 3. The summed E-state index contributed by atoms with van der Waals surface area (Å²) in [7, 11) is 0. The van der Waals surface area contributed by atoms with E-state index in [0.29, 0.717) is 11.1 Å². The van der Waals surface area contributed by atoms with E-state index >= 15 is 0 Å². The molecular weight excluding hydrogens is 364 g/mol. The molecule has 7 heteroatoms. The minimum atomic E-state index is -0.469.